The van der Waals surface area contributed by atoms with Crippen LogP contribution in [0.15, 0.2) is 34.8 Å². The van der Waals surface area contributed by atoms with E-state index in [1.54, 1.807) is 18.2 Å². The van der Waals surface area contributed by atoms with Crippen molar-refractivity contribution in [2.24, 2.45) is 10.6 Å². The van der Waals surface area contributed by atoms with E-state index in [4.69, 9.17) is 5.73 Å². The molecule has 6 heteroatoms. The number of rotatable bonds is 3. The first kappa shape index (κ1) is 8.12. The third-order valence-electron chi connectivity index (χ3n) is 1.31. The number of hydrogen-bond acceptors (Lipinski definition) is 5. The SMILES string of the molecule is Nc1ccccc1N(N=O)N=O. The molecule has 0 aliphatic carbocycles. The van der Waals surface area contributed by atoms with Gasteiger partial charge in [-0.25, -0.2) is 0 Å². The summed E-state index contributed by atoms with van der Waals surface area (Å²) in [7, 11) is 0. The van der Waals surface area contributed by atoms with Crippen molar-refractivity contribution in [2.45, 2.75) is 0 Å². The molecule has 1 rings (SSSR count). The third-order valence-corrected chi connectivity index (χ3v) is 1.31. The van der Waals surface area contributed by atoms with Gasteiger partial charge in [-0.15, -0.1) is 9.81 Å². The van der Waals surface area contributed by atoms with Gasteiger partial charge in [-0.3, -0.25) is 0 Å². The standard InChI is InChI=1S/C6H6N4O2/c7-5-3-1-2-4-6(5)10(8-11)9-12/h1-4H,7H2. The summed E-state index contributed by atoms with van der Waals surface area (Å²) in [5.74, 6) is 0. The monoisotopic (exact) mass is 166 g/mol. The van der Waals surface area contributed by atoms with Crippen molar-refractivity contribution < 1.29 is 0 Å². The van der Waals surface area contributed by atoms with Crippen LogP contribution in [0.3, 0.4) is 0 Å². The van der Waals surface area contributed by atoms with E-state index in [1.165, 1.54) is 6.07 Å². The summed E-state index contributed by atoms with van der Waals surface area (Å²) in [5, 5.41) is 5.11. The zero-order chi connectivity index (χ0) is 8.97. The maximum absolute atomic E-state index is 10.0. The zero-order valence-corrected chi connectivity index (χ0v) is 6.04. The first-order valence-corrected chi connectivity index (χ1v) is 3.10. The predicted octanol–water partition coefficient (Wildman–Crippen LogP) is 1.44. The summed E-state index contributed by atoms with van der Waals surface area (Å²) < 4.78 is 0. The molecule has 6 nitrogen and oxygen atoms in total. The van der Waals surface area contributed by atoms with Crippen LogP contribution < -0.4 is 10.9 Å². The minimum Gasteiger partial charge on any atom is -0.397 e. The summed E-state index contributed by atoms with van der Waals surface area (Å²) >= 11 is 0. The van der Waals surface area contributed by atoms with Gasteiger partial charge in [0.2, 0.25) is 0 Å². The summed E-state index contributed by atoms with van der Waals surface area (Å²) in [4.78, 5) is 20.0. The number of nitrogens with two attached hydrogens (primary N) is 1. The topological polar surface area (TPSA) is 88.1 Å². The second kappa shape index (κ2) is 3.42. The van der Waals surface area contributed by atoms with Gasteiger partial charge in [0, 0.05) is 0 Å². The second-order valence-electron chi connectivity index (χ2n) is 2.01. The third kappa shape index (κ3) is 1.36. The average Bonchev–Trinajstić information content (AvgIpc) is 2.10. The minimum absolute atomic E-state index is 0.183. The lowest BCUT2D eigenvalue weighted by Gasteiger charge is -2.06. The molecule has 0 amide bonds. The van der Waals surface area contributed by atoms with Crippen LogP contribution in [0.2, 0.25) is 0 Å². The Morgan fingerprint density at radius 3 is 2.25 bits per heavy atom. The van der Waals surface area contributed by atoms with Gasteiger partial charge in [0.05, 0.1) is 16.3 Å². The molecule has 0 spiro atoms. The number of nitrogen functional groups attached to an aromatic ring is 1. The van der Waals surface area contributed by atoms with Gasteiger partial charge >= 0.3 is 0 Å². The van der Waals surface area contributed by atoms with Gasteiger partial charge in [0.1, 0.15) is 5.69 Å². The fourth-order valence-electron chi connectivity index (χ4n) is 0.773. The highest BCUT2D eigenvalue weighted by atomic mass is 16.4. The Morgan fingerprint density at radius 1 is 1.17 bits per heavy atom. The molecule has 0 aromatic heterocycles. The largest absolute Gasteiger partial charge is 0.397 e. The average molecular weight is 166 g/mol. The van der Waals surface area contributed by atoms with Gasteiger partial charge in [-0.05, 0) is 12.1 Å². The molecule has 0 fully saturated rings. The van der Waals surface area contributed by atoms with Crippen LogP contribution in [-0.4, -0.2) is 0 Å². The maximum atomic E-state index is 10.0. The van der Waals surface area contributed by atoms with Gasteiger partial charge < -0.3 is 5.73 Å². The van der Waals surface area contributed by atoms with E-state index in [1.807, 2.05) is 0 Å². The molecule has 0 bridgehead atoms. The first-order valence-electron chi connectivity index (χ1n) is 3.10. The minimum atomic E-state index is 0.183. The second-order valence-corrected chi connectivity index (χ2v) is 2.01. The summed E-state index contributed by atoms with van der Waals surface area (Å²) in [6.07, 6.45) is 0. The Kier molecular flexibility index (Phi) is 2.32. The molecule has 0 heterocycles. The number of anilines is 2. The lowest BCUT2D eigenvalue weighted by Crippen LogP contribution is -2.07. The van der Waals surface area contributed by atoms with Crippen LogP contribution in [0.4, 0.5) is 11.4 Å². The van der Waals surface area contributed by atoms with Crippen molar-refractivity contribution in [1.29, 1.82) is 0 Å². The summed E-state index contributed by atoms with van der Waals surface area (Å²) in [6.45, 7) is 0. The number of nitrogens with zero attached hydrogens (tertiary/aromatic N) is 3. The Balaban J connectivity index is 3.08. The molecule has 0 saturated heterocycles. The molecule has 0 atom stereocenters. The molecule has 0 radical (unpaired) electrons. The van der Waals surface area contributed by atoms with E-state index in [-0.39, 0.29) is 11.4 Å². The molecular formula is C6H6N4O2. The van der Waals surface area contributed by atoms with E-state index >= 15 is 0 Å². The first-order chi connectivity index (χ1) is 5.79. The summed E-state index contributed by atoms with van der Waals surface area (Å²) in [6, 6.07) is 6.30. The molecular weight excluding hydrogens is 160 g/mol. The molecule has 62 valence electrons. The van der Waals surface area contributed by atoms with E-state index < -0.39 is 0 Å². The normalized spacial score (nSPS) is 9.00. The van der Waals surface area contributed by atoms with E-state index in [2.05, 4.69) is 10.6 Å². The molecule has 0 aliphatic rings. The van der Waals surface area contributed by atoms with E-state index in [9.17, 15) is 9.81 Å². The van der Waals surface area contributed by atoms with Crippen LogP contribution >= 0.6 is 0 Å². The Labute approximate surface area is 67.9 Å². The van der Waals surface area contributed by atoms with Crippen molar-refractivity contribution in [2.75, 3.05) is 10.9 Å². The Bertz CT molecular complexity index is 293. The Hall–Kier alpha value is -1.98. The molecule has 1 aromatic rings. The zero-order valence-electron chi connectivity index (χ0n) is 6.04. The van der Waals surface area contributed by atoms with Crippen molar-refractivity contribution in [3.63, 3.8) is 0 Å². The molecule has 0 aliphatic heterocycles. The van der Waals surface area contributed by atoms with E-state index in [0.29, 0.717) is 5.12 Å². The number of para-hydroxylation sites is 2. The van der Waals surface area contributed by atoms with Gasteiger partial charge in [-0.1, -0.05) is 17.3 Å². The smallest absolute Gasteiger partial charge is 0.115 e. The van der Waals surface area contributed by atoms with Crippen molar-refractivity contribution in [3.05, 3.63) is 34.1 Å². The van der Waals surface area contributed by atoms with Crippen molar-refractivity contribution >= 4 is 11.4 Å². The molecule has 0 unspecified atom stereocenters. The van der Waals surface area contributed by atoms with E-state index in [0.717, 1.165) is 0 Å². The number of benzene rings is 1. The predicted molar refractivity (Wildman–Crippen MR) is 44.9 cm³/mol. The van der Waals surface area contributed by atoms with Crippen LogP contribution in [0, 0.1) is 9.81 Å². The van der Waals surface area contributed by atoms with Gasteiger partial charge in [0.15, 0.2) is 0 Å². The van der Waals surface area contributed by atoms with Crippen molar-refractivity contribution in [3.8, 4) is 0 Å². The molecule has 2 N–H and O–H groups in total. The molecule has 0 saturated carbocycles. The molecule has 1 aromatic carbocycles. The Morgan fingerprint density at radius 2 is 1.75 bits per heavy atom. The lowest BCUT2D eigenvalue weighted by atomic mass is 10.3. The van der Waals surface area contributed by atoms with Crippen molar-refractivity contribution in [1.82, 2.24) is 0 Å². The van der Waals surface area contributed by atoms with Crippen LogP contribution in [-0.2, 0) is 0 Å². The van der Waals surface area contributed by atoms with Crippen LogP contribution in [0.25, 0.3) is 0 Å². The van der Waals surface area contributed by atoms with Crippen LogP contribution in [0.5, 0.6) is 0 Å². The quantitative estimate of drug-likeness (QED) is 0.418. The summed E-state index contributed by atoms with van der Waals surface area (Å²) in [5.41, 5.74) is 5.89. The highest BCUT2D eigenvalue weighted by molar-refractivity contribution is 5.66. The highest BCUT2D eigenvalue weighted by Gasteiger charge is 2.08. The van der Waals surface area contributed by atoms with Gasteiger partial charge in [-0.2, -0.15) is 0 Å². The number of nitroso groups, excluding NO2 is 2. The highest BCUT2D eigenvalue weighted by Crippen LogP contribution is 2.22. The fraction of sp³-hybridized carbons (Fsp3) is 0. The number of hydrogen-bond donors (Lipinski definition) is 1. The fourth-order valence-corrected chi connectivity index (χ4v) is 0.773. The molecule has 12 heavy (non-hydrogen) atoms. The lowest BCUT2D eigenvalue weighted by molar-refractivity contribution is 0.909. The van der Waals surface area contributed by atoms with Crippen LogP contribution in [0.1, 0.15) is 0 Å². The maximum Gasteiger partial charge on any atom is 0.115 e. The van der Waals surface area contributed by atoms with Gasteiger partial charge in [0.25, 0.3) is 0 Å².